The van der Waals surface area contributed by atoms with Crippen molar-refractivity contribution in [3.05, 3.63) is 29.3 Å². The summed E-state index contributed by atoms with van der Waals surface area (Å²) in [6.07, 6.45) is 4.50. The van der Waals surface area contributed by atoms with Crippen LogP contribution in [0.5, 0.6) is 5.75 Å². The number of carbonyl (C=O) groups is 1. The number of hydrogen-bond acceptors (Lipinski definition) is 5. The van der Waals surface area contributed by atoms with Crippen molar-refractivity contribution in [3.63, 3.8) is 0 Å². The lowest BCUT2D eigenvalue weighted by molar-refractivity contribution is -0.155. The van der Waals surface area contributed by atoms with Gasteiger partial charge in [0, 0.05) is 19.6 Å². The van der Waals surface area contributed by atoms with Crippen molar-refractivity contribution < 1.29 is 19.0 Å². The van der Waals surface area contributed by atoms with E-state index in [9.17, 15) is 4.79 Å². The molecule has 1 aromatic carbocycles. The molecule has 0 spiro atoms. The van der Waals surface area contributed by atoms with Crippen molar-refractivity contribution in [2.75, 3.05) is 32.8 Å². The molecule has 0 radical (unpaired) electrons. The number of rotatable bonds is 7. The number of hydrogen-bond donors (Lipinski definition) is 0. The fourth-order valence-electron chi connectivity index (χ4n) is 6.20. The van der Waals surface area contributed by atoms with Gasteiger partial charge in [-0.05, 0) is 93.4 Å². The summed E-state index contributed by atoms with van der Waals surface area (Å²) in [6.45, 7) is 16.6. The zero-order chi connectivity index (χ0) is 23.8. The molecule has 0 aromatic heterocycles. The fraction of sp³-hybridized carbons (Fsp3) is 0.750. The van der Waals surface area contributed by atoms with Gasteiger partial charge < -0.3 is 14.2 Å². The summed E-state index contributed by atoms with van der Waals surface area (Å²) >= 11 is 0. The molecule has 4 aliphatic rings. The van der Waals surface area contributed by atoms with E-state index in [2.05, 4.69) is 43.9 Å². The van der Waals surface area contributed by atoms with Crippen molar-refractivity contribution in [2.24, 2.45) is 23.2 Å². The largest absolute Gasteiger partial charge is 0.493 e. The minimum absolute atomic E-state index is 0.0255. The maximum Gasteiger partial charge on any atom is 0.307 e. The van der Waals surface area contributed by atoms with E-state index >= 15 is 0 Å². The summed E-state index contributed by atoms with van der Waals surface area (Å²) in [7, 11) is 0. The van der Waals surface area contributed by atoms with Gasteiger partial charge >= 0.3 is 5.97 Å². The van der Waals surface area contributed by atoms with E-state index in [1.165, 1.54) is 30.4 Å². The van der Waals surface area contributed by atoms with E-state index in [0.717, 1.165) is 37.3 Å². The van der Waals surface area contributed by atoms with Crippen LogP contribution >= 0.6 is 0 Å². The Bertz CT molecular complexity index is 841. The van der Waals surface area contributed by atoms with E-state index in [1.807, 2.05) is 20.8 Å². The summed E-state index contributed by atoms with van der Waals surface area (Å²) in [5, 5.41) is 0. The van der Waals surface area contributed by atoms with Crippen molar-refractivity contribution in [1.82, 2.24) is 4.90 Å². The van der Waals surface area contributed by atoms with E-state index < -0.39 is 5.60 Å². The predicted octanol–water partition coefficient (Wildman–Crippen LogP) is 5.55. The third-order valence-corrected chi connectivity index (χ3v) is 8.26. The smallest absolute Gasteiger partial charge is 0.307 e. The number of nitrogens with zero attached hydrogens (tertiary/aromatic N) is 1. The normalized spacial score (nSPS) is 29.3. The monoisotopic (exact) mass is 457 g/mol. The number of morpholine rings is 1. The number of esters is 1. The molecular formula is C28H43NO4. The molecule has 0 amide bonds. The Hall–Kier alpha value is -1.59. The predicted molar refractivity (Wildman–Crippen MR) is 130 cm³/mol. The number of ether oxygens (including phenoxy) is 3. The molecule has 3 aliphatic carbocycles. The molecule has 2 bridgehead atoms. The maximum absolute atomic E-state index is 12.1. The molecule has 5 heteroatoms. The van der Waals surface area contributed by atoms with Crippen LogP contribution in [-0.4, -0.2) is 49.3 Å². The first-order chi connectivity index (χ1) is 15.5. The van der Waals surface area contributed by atoms with E-state index in [4.69, 9.17) is 14.2 Å². The zero-order valence-electron chi connectivity index (χ0n) is 21.5. The van der Waals surface area contributed by atoms with Gasteiger partial charge in [-0.2, -0.15) is 0 Å². The SMILES string of the molecule is Cc1cc(OCC2CCC3CC2C3(C)C)ccc1C1CN(CCC(=O)OC(C)(C)C)CCO1. The average Bonchev–Trinajstić information content (AvgIpc) is 2.75. The van der Waals surface area contributed by atoms with Crippen LogP contribution in [0.25, 0.3) is 0 Å². The first-order valence-corrected chi connectivity index (χ1v) is 12.8. The van der Waals surface area contributed by atoms with Gasteiger partial charge in [0.2, 0.25) is 0 Å². The van der Waals surface area contributed by atoms with Crippen LogP contribution < -0.4 is 4.74 Å². The molecule has 4 unspecified atom stereocenters. The molecule has 1 heterocycles. The van der Waals surface area contributed by atoms with Crippen molar-refractivity contribution in [2.45, 2.75) is 78.9 Å². The minimum atomic E-state index is -0.431. The molecule has 3 saturated carbocycles. The first-order valence-electron chi connectivity index (χ1n) is 12.8. The highest BCUT2D eigenvalue weighted by molar-refractivity contribution is 5.70. The second kappa shape index (κ2) is 9.58. The molecule has 4 fully saturated rings. The van der Waals surface area contributed by atoms with Gasteiger partial charge in [0.1, 0.15) is 11.4 Å². The molecule has 5 rings (SSSR count). The standard InChI is InChI=1S/C28H43NO4/c1-19-15-22(32-18-20-7-8-21-16-24(20)28(21,5)6)9-10-23(19)25-17-29(13-14-31-25)12-11-26(30)33-27(2,3)4/h9-10,15,20-21,24-25H,7-8,11-14,16-18H2,1-6H3. The van der Waals surface area contributed by atoms with E-state index in [-0.39, 0.29) is 12.1 Å². The average molecular weight is 458 g/mol. The summed E-state index contributed by atoms with van der Waals surface area (Å²) < 4.78 is 17.8. The van der Waals surface area contributed by atoms with Crippen LogP contribution in [0.4, 0.5) is 0 Å². The van der Waals surface area contributed by atoms with Crippen molar-refractivity contribution in [3.8, 4) is 5.75 Å². The Balaban J connectivity index is 1.29. The molecule has 33 heavy (non-hydrogen) atoms. The molecule has 0 N–H and O–H groups in total. The Kier molecular flexibility index (Phi) is 7.12. The van der Waals surface area contributed by atoms with Crippen LogP contribution in [0.1, 0.15) is 77.5 Å². The van der Waals surface area contributed by atoms with Gasteiger partial charge in [-0.15, -0.1) is 0 Å². The van der Waals surface area contributed by atoms with Crippen LogP contribution in [0.2, 0.25) is 0 Å². The second-order valence-electron chi connectivity index (χ2n) is 12.0. The van der Waals surface area contributed by atoms with Gasteiger partial charge in [0.25, 0.3) is 0 Å². The Labute approximate surface area is 200 Å². The molecule has 5 nitrogen and oxygen atoms in total. The fourth-order valence-corrected chi connectivity index (χ4v) is 6.20. The van der Waals surface area contributed by atoms with Gasteiger partial charge in [0.15, 0.2) is 0 Å². The van der Waals surface area contributed by atoms with Crippen LogP contribution in [0.3, 0.4) is 0 Å². The topological polar surface area (TPSA) is 48.0 Å². The molecule has 1 saturated heterocycles. The summed E-state index contributed by atoms with van der Waals surface area (Å²) in [5.74, 6) is 3.26. The molecule has 184 valence electrons. The van der Waals surface area contributed by atoms with Crippen molar-refractivity contribution >= 4 is 5.97 Å². The lowest BCUT2D eigenvalue weighted by Gasteiger charge is -2.60. The number of aryl methyl sites for hydroxylation is 1. The van der Waals surface area contributed by atoms with Crippen LogP contribution in [0.15, 0.2) is 18.2 Å². The number of fused-ring (bicyclic) bond motifs is 2. The van der Waals surface area contributed by atoms with E-state index in [1.54, 1.807) is 0 Å². The minimum Gasteiger partial charge on any atom is -0.493 e. The molecule has 1 aromatic rings. The summed E-state index contributed by atoms with van der Waals surface area (Å²) in [6, 6.07) is 6.43. The lowest BCUT2D eigenvalue weighted by atomic mass is 9.46. The number of benzene rings is 1. The quantitative estimate of drug-likeness (QED) is 0.502. The maximum atomic E-state index is 12.1. The third kappa shape index (κ3) is 5.74. The van der Waals surface area contributed by atoms with E-state index in [0.29, 0.717) is 30.9 Å². The van der Waals surface area contributed by atoms with Crippen LogP contribution in [0, 0.1) is 30.1 Å². The summed E-state index contributed by atoms with van der Waals surface area (Å²) in [4.78, 5) is 14.4. The molecule has 4 atom stereocenters. The summed E-state index contributed by atoms with van der Waals surface area (Å²) in [5.41, 5.74) is 2.49. The van der Waals surface area contributed by atoms with Gasteiger partial charge in [-0.25, -0.2) is 0 Å². The molecular weight excluding hydrogens is 414 g/mol. The second-order valence-corrected chi connectivity index (χ2v) is 12.0. The Morgan fingerprint density at radius 3 is 2.70 bits per heavy atom. The van der Waals surface area contributed by atoms with Crippen molar-refractivity contribution in [1.29, 1.82) is 0 Å². The van der Waals surface area contributed by atoms with Gasteiger partial charge in [0.05, 0.1) is 25.7 Å². The molecule has 1 aliphatic heterocycles. The highest BCUT2D eigenvalue weighted by Gasteiger charge is 2.54. The zero-order valence-corrected chi connectivity index (χ0v) is 21.5. The lowest BCUT2D eigenvalue weighted by Crippen LogP contribution is -2.53. The van der Waals surface area contributed by atoms with Gasteiger partial charge in [-0.3, -0.25) is 9.69 Å². The van der Waals surface area contributed by atoms with Crippen LogP contribution in [-0.2, 0) is 14.3 Å². The Morgan fingerprint density at radius 1 is 1.24 bits per heavy atom. The number of carbonyl (C=O) groups excluding carboxylic acids is 1. The third-order valence-electron chi connectivity index (χ3n) is 8.26. The van der Waals surface area contributed by atoms with Gasteiger partial charge in [-0.1, -0.05) is 19.9 Å². The first kappa shape index (κ1) is 24.5. The highest BCUT2D eigenvalue weighted by atomic mass is 16.6. The Morgan fingerprint density at radius 2 is 2.03 bits per heavy atom. The highest BCUT2D eigenvalue weighted by Crippen LogP contribution is 2.61.